The van der Waals surface area contributed by atoms with E-state index >= 15 is 0 Å². The van der Waals surface area contributed by atoms with Gasteiger partial charge in [-0.1, -0.05) is 6.07 Å². The van der Waals surface area contributed by atoms with Crippen LogP contribution in [0, 0.1) is 5.82 Å². The molecule has 0 unspecified atom stereocenters. The van der Waals surface area contributed by atoms with Crippen LogP contribution in [0.3, 0.4) is 0 Å². The van der Waals surface area contributed by atoms with Gasteiger partial charge >= 0.3 is 12.0 Å². The molecule has 114 valence electrons. The maximum Gasteiger partial charge on any atom is 0.318 e. The summed E-state index contributed by atoms with van der Waals surface area (Å²) in [6.45, 7) is 1.28. The average Bonchev–Trinajstić information content (AvgIpc) is 2.37. The molecule has 1 aromatic carbocycles. The highest BCUT2D eigenvalue weighted by Crippen LogP contribution is 2.18. The van der Waals surface area contributed by atoms with Crippen molar-refractivity contribution >= 4 is 17.9 Å². The lowest BCUT2D eigenvalue weighted by atomic mass is 10.1. The Morgan fingerprint density at radius 2 is 2.05 bits per heavy atom. The summed E-state index contributed by atoms with van der Waals surface area (Å²) in [5, 5.41) is 1.78. The number of esters is 1. The van der Waals surface area contributed by atoms with Crippen LogP contribution in [0.5, 0.6) is 5.75 Å². The van der Waals surface area contributed by atoms with Gasteiger partial charge in [-0.2, -0.15) is 0 Å². The van der Waals surface area contributed by atoms with Crippen molar-refractivity contribution in [1.29, 1.82) is 0 Å². The summed E-state index contributed by atoms with van der Waals surface area (Å²) in [7, 11) is 1.32. The molecule has 7 nitrogen and oxygen atoms in total. The van der Waals surface area contributed by atoms with Gasteiger partial charge in [-0.3, -0.25) is 14.9 Å². The molecule has 0 aromatic heterocycles. The van der Waals surface area contributed by atoms with Crippen molar-refractivity contribution < 1.29 is 28.2 Å². The fraction of sp³-hybridized carbons (Fsp3) is 0.308. The second kappa shape index (κ2) is 7.22. The monoisotopic (exact) mass is 298 g/mol. The molecule has 0 aliphatic carbocycles. The van der Waals surface area contributed by atoms with Crippen LogP contribution in [0.25, 0.3) is 0 Å². The summed E-state index contributed by atoms with van der Waals surface area (Å²) in [4.78, 5) is 33.4. The molecule has 0 heterocycles. The molecule has 0 radical (unpaired) electrons. The zero-order valence-corrected chi connectivity index (χ0v) is 11.5. The fourth-order valence-corrected chi connectivity index (χ4v) is 1.50. The van der Waals surface area contributed by atoms with Crippen LogP contribution in [0.4, 0.5) is 9.18 Å². The Labute approximate surface area is 120 Å². The van der Waals surface area contributed by atoms with E-state index in [1.165, 1.54) is 26.2 Å². The van der Waals surface area contributed by atoms with Gasteiger partial charge in [-0.05, 0) is 24.6 Å². The summed E-state index contributed by atoms with van der Waals surface area (Å²) in [6.07, 6.45) is -1.41. The van der Waals surface area contributed by atoms with Crippen LogP contribution in [-0.4, -0.2) is 31.1 Å². The summed E-state index contributed by atoms with van der Waals surface area (Å²) in [5.74, 6) is -2.13. The molecule has 1 aromatic rings. The van der Waals surface area contributed by atoms with E-state index in [-0.39, 0.29) is 12.2 Å². The summed E-state index contributed by atoms with van der Waals surface area (Å²) < 4.78 is 23.0. The van der Waals surface area contributed by atoms with Gasteiger partial charge in [-0.25, -0.2) is 9.18 Å². The molecule has 0 saturated heterocycles. The molecular weight excluding hydrogens is 283 g/mol. The Balaban J connectivity index is 2.59. The number of hydrogen-bond donors (Lipinski definition) is 2. The maximum absolute atomic E-state index is 13.4. The zero-order valence-electron chi connectivity index (χ0n) is 11.5. The number of nitrogens with two attached hydrogens (primary N) is 1. The number of ether oxygens (including phenoxy) is 2. The highest BCUT2D eigenvalue weighted by atomic mass is 19.1. The van der Waals surface area contributed by atoms with E-state index in [0.717, 1.165) is 6.07 Å². The maximum atomic E-state index is 13.4. The molecule has 3 N–H and O–H groups in total. The number of rotatable bonds is 5. The molecule has 0 aliphatic heterocycles. The zero-order chi connectivity index (χ0) is 16.0. The van der Waals surface area contributed by atoms with E-state index in [2.05, 4.69) is 0 Å². The number of carbonyl (C=O) groups is 3. The molecule has 8 heteroatoms. The third-order valence-electron chi connectivity index (χ3n) is 2.49. The van der Waals surface area contributed by atoms with Gasteiger partial charge in [0.25, 0.3) is 5.91 Å². The molecule has 0 spiro atoms. The van der Waals surface area contributed by atoms with Crippen LogP contribution in [-0.2, 0) is 20.7 Å². The van der Waals surface area contributed by atoms with Crippen molar-refractivity contribution in [2.45, 2.75) is 19.4 Å². The van der Waals surface area contributed by atoms with Gasteiger partial charge in [0.05, 0.1) is 13.5 Å². The second-order valence-electron chi connectivity index (χ2n) is 4.13. The van der Waals surface area contributed by atoms with Crippen LogP contribution in [0.15, 0.2) is 18.2 Å². The smallest absolute Gasteiger partial charge is 0.318 e. The van der Waals surface area contributed by atoms with Crippen molar-refractivity contribution in [2.24, 2.45) is 5.73 Å². The molecule has 3 amide bonds. The predicted molar refractivity (Wildman–Crippen MR) is 69.9 cm³/mol. The highest BCUT2D eigenvalue weighted by molar-refractivity contribution is 5.96. The standard InChI is InChI=1S/C13H15FN2O5/c1-7(12(18)16-13(15)19)21-11(17)6-8-3-4-10(20-2)9(14)5-8/h3-5,7H,6H2,1-2H3,(H3,15,16,18,19)/t7-/m0/s1. The minimum Gasteiger partial charge on any atom is -0.494 e. The number of nitrogens with one attached hydrogen (secondary N) is 1. The molecule has 0 bridgehead atoms. The Morgan fingerprint density at radius 1 is 1.38 bits per heavy atom. The van der Waals surface area contributed by atoms with Crippen molar-refractivity contribution in [3.8, 4) is 5.75 Å². The second-order valence-corrected chi connectivity index (χ2v) is 4.13. The molecule has 0 aliphatic rings. The lowest BCUT2D eigenvalue weighted by Crippen LogP contribution is -2.42. The number of carbonyl (C=O) groups excluding carboxylic acids is 3. The van der Waals surface area contributed by atoms with Crippen molar-refractivity contribution in [3.05, 3.63) is 29.6 Å². The number of imide groups is 1. The summed E-state index contributed by atoms with van der Waals surface area (Å²) >= 11 is 0. The van der Waals surface area contributed by atoms with E-state index in [0.29, 0.717) is 5.56 Å². The molecule has 21 heavy (non-hydrogen) atoms. The largest absolute Gasteiger partial charge is 0.494 e. The number of amides is 3. The predicted octanol–water partition coefficient (Wildman–Crippen LogP) is 0.503. The van der Waals surface area contributed by atoms with Crippen LogP contribution in [0.2, 0.25) is 0 Å². The summed E-state index contributed by atoms with van der Waals surface area (Å²) in [5.41, 5.74) is 5.13. The van der Waals surface area contributed by atoms with E-state index in [4.69, 9.17) is 15.2 Å². The fourth-order valence-electron chi connectivity index (χ4n) is 1.50. The summed E-state index contributed by atoms with van der Waals surface area (Å²) in [6, 6.07) is 2.97. The Morgan fingerprint density at radius 3 is 2.57 bits per heavy atom. The molecule has 0 saturated carbocycles. The van der Waals surface area contributed by atoms with Crippen molar-refractivity contribution in [1.82, 2.24) is 5.32 Å². The van der Waals surface area contributed by atoms with Gasteiger partial charge < -0.3 is 15.2 Å². The molecule has 1 rings (SSSR count). The van der Waals surface area contributed by atoms with Gasteiger partial charge in [0.2, 0.25) is 0 Å². The van der Waals surface area contributed by atoms with Crippen molar-refractivity contribution in [2.75, 3.05) is 7.11 Å². The molecule has 1 atom stereocenters. The van der Waals surface area contributed by atoms with Gasteiger partial charge in [-0.15, -0.1) is 0 Å². The van der Waals surface area contributed by atoms with Gasteiger partial charge in [0.15, 0.2) is 17.7 Å². The third-order valence-corrected chi connectivity index (χ3v) is 2.49. The number of benzene rings is 1. The van der Waals surface area contributed by atoms with E-state index in [9.17, 15) is 18.8 Å². The third kappa shape index (κ3) is 5.09. The minimum atomic E-state index is -1.19. The Bertz CT molecular complexity index is 561. The number of halogens is 1. The van der Waals surface area contributed by atoms with E-state index in [1.807, 2.05) is 0 Å². The lowest BCUT2D eigenvalue weighted by molar-refractivity contribution is -0.153. The minimum absolute atomic E-state index is 0.0568. The van der Waals surface area contributed by atoms with Crippen LogP contribution in [0.1, 0.15) is 12.5 Å². The topological polar surface area (TPSA) is 108 Å². The number of urea groups is 1. The number of hydrogen-bond acceptors (Lipinski definition) is 5. The van der Waals surface area contributed by atoms with Crippen molar-refractivity contribution in [3.63, 3.8) is 0 Å². The Kier molecular flexibility index (Phi) is 5.65. The average molecular weight is 298 g/mol. The highest BCUT2D eigenvalue weighted by Gasteiger charge is 2.19. The quantitative estimate of drug-likeness (QED) is 0.770. The first-order valence-corrected chi connectivity index (χ1v) is 5.95. The first-order chi connectivity index (χ1) is 9.83. The number of primary amides is 1. The van der Waals surface area contributed by atoms with Gasteiger partial charge in [0, 0.05) is 0 Å². The van der Waals surface area contributed by atoms with Crippen LogP contribution < -0.4 is 15.8 Å². The lowest BCUT2D eigenvalue weighted by Gasteiger charge is -2.12. The molecular formula is C13H15FN2O5. The normalized spacial score (nSPS) is 11.4. The van der Waals surface area contributed by atoms with Gasteiger partial charge in [0.1, 0.15) is 0 Å². The molecule has 0 fully saturated rings. The SMILES string of the molecule is COc1ccc(CC(=O)O[C@@H](C)C(=O)NC(N)=O)cc1F. The first-order valence-electron chi connectivity index (χ1n) is 5.95. The Hall–Kier alpha value is -2.64. The number of methoxy groups -OCH3 is 1. The van der Waals surface area contributed by atoms with E-state index in [1.54, 1.807) is 5.32 Å². The van der Waals surface area contributed by atoms with E-state index < -0.39 is 29.8 Å². The van der Waals surface area contributed by atoms with Crippen LogP contribution >= 0.6 is 0 Å². The first kappa shape index (κ1) is 16.4.